The minimum atomic E-state index is 0.157. The molecule has 0 radical (unpaired) electrons. The highest BCUT2D eigenvalue weighted by Gasteiger charge is 2.09. The van der Waals surface area contributed by atoms with Gasteiger partial charge >= 0.3 is 0 Å². The van der Waals surface area contributed by atoms with E-state index in [4.69, 9.17) is 9.47 Å². The van der Waals surface area contributed by atoms with Gasteiger partial charge in [-0.25, -0.2) is 0 Å². The first-order valence-electron chi connectivity index (χ1n) is 7.17. The Morgan fingerprint density at radius 1 is 1.11 bits per heavy atom. The molecule has 0 aromatic carbocycles. The van der Waals surface area contributed by atoms with Gasteiger partial charge in [0.1, 0.15) is 0 Å². The minimum Gasteiger partial charge on any atom is -0.382 e. The van der Waals surface area contributed by atoms with Crippen LogP contribution in [-0.2, 0) is 9.47 Å². The molecule has 4 heteroatoms. The van der Waals surface area contributed by atoms with Crippen LogP contribution in [0.4, 0.5) is 0 Å². The Hall–Kier alpha value is -0.160. The molecule has 0 saturated heterocycles. The lowest BCUT2D eigenvalue weighted by Crippen LogP contribution is -2.36. The van der Waals surface area contributed by atoms with Crippen LogP contribution in [0.5, 0.6) is 0 Å². The second kappa shape index (κ2) is 11.9. The lowest BCUT2D eigenvalue weighted by atomic mass is 10.2. The zero-order valence-electron chi connectivity index (χ0n) is 12.9. The summed E-state index contributed by atoms with van der Waals surface area (Å²) in [5.74, 6) is 0.670. The maximum absolute atomic E-state index is 5.87. The Labute approximate surface area is 113 Å². The Morgan fingerprint density at radius 2 is 1.78 bits per heavy atom. The van der Waals surface area contributed by atoms with Crippen LogP contribution in [0.2, 0.25) is 0 Å². The van der Waals surface area contributed by atoms with Gasteiger partial charge in [-0.2, -0.15) is 0 Å². The largest absolute Gasteiger partial charge is 0.382 e. The van der Waals surface area contributed by atoms with Gasteiger partial charge in [0, 0.05) is 20.2 Å². The van der Waals surface area contributed by atoms with Gasteiger partial charge in [0.15, 0.2) is 0 Å². The summed E-state index contributed by atoms with van der Waals surface area (Å²) in [7, 11) is 1.73. The van der Waals surface area contributed by atoms with E-state index in [1.54, 1.807) is 7.11 Å². The molecule has 0 fully saturated rings. The molecule has 0 aliphatic heterocycles. The molecule has 0 heterocycles. The summed E-state index contributed by atoms with van der Waals surface area (Å²) >= 11 is 0. The molecule has 0 rings (SSSR count). The summed E-state index contributed by atoms with van der Waals surface area (Å²) in [5.41, 5.74) is 0. The maximum Gasteiger partial charge on any atom is 0.0932 e. The van der Waals surface area contributed by atoms with Crippen molar-refractivity contribution in [3.63, 3.8) is 0 Å². The Morgan fingerprint density at radius 3 is 2.28 bits per heavy atom. The van der Waals surface area contributed by atoms with E-state index in [0.29, 0.717) is 12.5 Å². The summed E-state index contributed by atoms with van der Waals surface area (Å²) in [6, 6.07) is 0. The Balaban J connectivity index is 3.74. The van der Waals surface area contributed by atoms with Crippen molar-refractivity contribution in [3.05, 3.63) is 0 Å². The van der Waals surface area contributed by atoms with E-state index >= 15 is 0 Å². The van der Waals surface area contributed by atoms with Gasteiger partial charge in [0.2, 0.25) is 0 Å². The number of rotatable bonds is 12. The SMILES string of the molecule is CCN(CC)CCOC(CNCC(C)C)COC. The zero-order valence-corrected chi connectivity index (χ0v) is 12.9. The molecule has 0 amide bonds. The number of likely N-dealkylation sites (N-methyl/N-ethyl adjacent to an activating group) is 1. The molecule has 18 heavy (non-hydrogen) atoms. The average molecular weight is 260 g/mol. The maximum atomic E-state index is 5.87. The monoisotopic (exact) mass is 260 g/mol. The fourth-order valence-electron chi connectivity index (χ4n) is 1.77. The second-order valence-electron chi connectivity index (χ2n) is 5.03. The van der Waals surface area contributed by atoms with Crippen LogP contribution in [0.25, 0.3) is 0 Å². The van der Waals surface area contributed by atoms with E-state index in [9.17, 15) is 0 Å². The first-order chi connectivity index (χ1) is 8.63. The van der Waals surface area contributed by atoms with Crippen LogP contribution >= 0.6 is 0 Å². The number of nitrogens with zero attached hydrogens (tertiary/aromatic N) is 1. The molecule has 1 unspecified atom stereocenters. The summed E-state index contributed by atoms with van der Waals surface area (Å²) in [5, 5.41) is 3.42. The molecular weight excluding hydrogens is 228 g/mol. The van der Waals surface area contributed by atoms with Crippen LogP contribution in [0.1, 0.15) is 27.7 Å². The predicted molar refractivity (Wildman–Crippen MR) is 77.1 cm³/mol. The summed E-state index contributed by atoms with van der Waals surface area (Å²) in [6.07, 6.45) is 0.157. The fourth-order valence-corrected chi connectivity index (χ4v) is 1.77. The van der Waals surface area contributed by atoms with Crippen molar-refractivity contribution in [2.75, 3.05) is 53.0 Å². The van der Waals surface area contributed by atoms with Crippen molar-refractivity contribution in [2.45, 2.75) is 33.8 Å². The molecule has 1 N–H and O–H groups in total. The Kier molecular flexibility index (Phi) is 11.8. The quantitative estimate of drug-likeness (QED) is 0.578. The van der Waals surface area contributed by atoms with Crippen molar-refractivity contribution in [2.24, 2.45) is 5.92 Å². The topological polar surface area (TPSA) is 33.7 Å². The van der Waals surface area contributed by atoms with Crippen molar-refractivity contribution in [1.29, 1.82) is 0 Å². The summed E-state index contributed by atoms with van der Waals surface area (Å²) in [4.78, 5) is 2.37. The molecule has 0 aliphatic carbocycles. The van der Waals surface area contributed by atoms with Gasteiger partial charge in [-0.15, -0.1) is 0 Å². The molecule has 110 valence electrons. The van der Waals surface area contributed by atoms with E-state index < -0.39 is 0 Å². The van der Waals surface area contributed by atoms with Crippen LogP contribution in [-0.4, -0.2) is 64.1 Å². The second-order valence-corrected chi connectivity index (χ2v) is 5.03. The Bertz CT molecular complexity index is 173. The molecular formula is C14H32N2O2. The average Bonchev–Trinajstić information content (AvgIpc) is 2.34. The number of nitrogens with one attached hydrogen (secondary N) is 1. The van der Waals surface area contributed by atoms with E-state index in [1.165, 1.54) is 0 Å². The molecule has 0 aliphatic rings. The highest BCUT2D eigenvalue weighted by Crippen LogP contribution is 1.95. The molecule has 0 bridgehead atoms. The van der Waals surface area contributed by atoms with E-state index in [-0.39, 0.29) is 6.10 Å². The highest BCUT2D eigenvalue weighted by molar-refractivity contribution is 4.63. The third-order valence-electron chi connectivity index (χ3n) is 2.93. The lowest BCUT2D eigenvalue weighted by molar-refractivity contribution is -0.00839. The standard InChI is InChI=1S/C14H32N2O2/c1-6-16(7-2)8-9-18-14(12-17-5)11-15-10-13(3)4/h13-15H,6-12H2,1-5H3. The van der Waals surface area contributed by atoms with Gasteiger partial charge in [-0.1, -0.05) is 27.7 Å². The van der Waals surface area contributed by atoms with Crippen molar-refractivity contribution < 1.29 is 9.47 Å². The summed E-state index contributed by atoms with van der Waals surface area (Å²) < 4.78 is 11.1. The van der Waals surface area contributed by atoms with Gasteiger partial charge in [-0.3, -0.25) is 0 Å². The molecule has 1 atom stereocenters. The summed E-state index contributed by atoms with van der Waals surface area (Å²) in [6.45, 7) is 15.3. The van der Waals surface area contributed by atoms with Gasteiger partial charge in [-0.05, 0) is 25.6 Å². The van der Waals surface area contributed by atoms with Crippen molar-refractivity contribution in [3.8, 4) is 0 Å². The first kappa shape index (κ1) is 17.8. The van der Waals surface area contributed by atoms with Crippen LogP contribution in [0.15, 0.2) is 0 Å². The molecule has 4 nitrogen and oxygen atoms in total. The van der Waals surface area contributed by atoms with Gasteiger partial charge in [0.25, 0.3) is 0 Å². The third kappa shape index (κ3) is 9.83. The van der Waals surface area contributed by atoms with Crippen LogP contribution in [0.3, 0.4) is 0 Å². The lowest BCUT2D eigenvalue weighted by Gasteiger charge is -2.22. The number of hydrogen-bond donors (Lipinski definition) is 1. The van der Waals surface area contributed by atoms with Crippen molar-refractivity contribution >= 4 is 0 Å². The minimum absolute atomic E-state index is 0.157. The fraction of sp³-hybridized carbons (Fsp3) is 1.00. The van der Waals surface area contributed by atoms with Crippen LogP contribution in [0, 0.1) is 5.92 Å². The smallest absolute Gasteiger partial charge is 0.0932 e. The third-order valence-corrected chi connectivity index (χ3v) is 2.93. The molecule has 0 spiro atoms. The highest BCUT2D eigenvalue weighted by atomic mass is 16.5. The number of methoxy groups -OCH3 is 1. The molecule has 0 aromatic heterocycles. The van der Waals surface area contributed by atoms with E-state index in [2.05, 4.69) is 37.9 Å². The molecule has 0 saturated carbocycles. The van der Waals surface area contributed by atoms with Gasteiger partial charge < -0.3 is 19.7 Å². The van der Waals surface area contributed by atoms with E-state index in [0.717, 1.165) is 39.3 Å². The number of ether oxygens (including phenoxy) is 2. The zero-order chi connectivity index (χ0) is 13.8. The van der Waals surface area contributed by atoms with E-state index in [1.807, 2.05) is 0 Å². The normalized spacial score (nSPS) is 13.5. The van der Waals surface area contributed by atoms with Crippen LogP contribution < -0.4 is 5.32 Å². The van der Waals surface area contributed by atoms with Crippen molar-refractivity contribution in [1.82, 2.24) is 10.2 Å². The number of hydrogen-bond acceptors (Lipinski definition) is 4. The first-order valence-corrected chi connectivity index (χ1v) is 7.17. The van der Waals surface area contributed by atoms with Gasteiger partial charge in [0.05, 0.1) is 19.3 Å². The predicted octanol–water partition coefficient (Wildman–Crippen LogP) is 1.61. The molecule has 0 aromatic rings.